The summed E-state index contributed by atoms with van der Waals surface area (Å²) in [6.45, 7) is 2.77. The molecule has 4 nitrogen and oxygen atoms in total. The van der Waals surface area contributed by atoms with E-state index in [4.69, 9.17) is 5.11 Å². The van der Waals surface area contributed by atoms with Crippen molar-refractivity contribution in [1.82, 2.24) is 0 Å². The van der Waals surface area contributed by atoms with E-state index in [9.17, 15) is 9.59 Å². The standard InChI is InChI=1S/C8H8O4/c1-4-3-6(10)7(5(2)9)8(11)12-4/h3,9H,1-2H3/b7-5+. The van der Waals surface area contributed by atoms with Crippen LogP contribution in [-0.2, 0) is 14.3 Å². The normalized spacial score (nSPS) is 21.7. The van der Waals surface area contributed by atoms with Gasteiger partial charge in [0.2, 0.25) is 0 Å². The van der Waals surface area contributed by atoms with E-state index in [0.717, 1.165) is 6.08 Å². The lowest BCUT2D eigenvalue weighted by Crippen LogP contribution is -2.20. The van der Waals surface area contributed by atoms with Crippen LogP contribution in [0.5, 0.6) is 0 Å². The van der Waals surface area contributed by atoms with Crippen LogP contribution in [0.1, 0.15) is 13.8 Å². The van der Waals surface area contributed by atoms with Crippen LogP contribution < -0.4 is 0 Å². The average molecular weight is 168 g/mol. The molecule has 0 aliphatic carbocycles. The first-order valence-electron chi connectivity index (χ1n) is 3.37. The van der Waals surface area contributed by atoms with Crippen molar-refractivity contribution in [3.63, 3.8) is 0 Å². The zero-order valence-corrected chi connectivity index (χ0v) is 6.75. The molecule has 12 heavy (non-hydrogen) atoms. The minimum atomic E-state index is -0.792. The summed E-state index contributed by atoms with van der Waals surface area (Å²) in [5, 5.41) is 8.93. The summed E-state index contributed by atoms with van der Waals surface area (Å²) < 4.78 is 4.61. The number of aliphatic hydroxyl groups excluding tert-OH is 1. The molecular formula is C8H8O4. The molecule has 0 radical (unpaired) electrons. The monoisotopic (exact) mass is 168 g/mol. The first-order chi connectivity index (χ1) is 5.52. The molecule has 0 fully saturated rings. The molecule has 0 aromatic heterocycles. The highest BCUT2D eigenvalue weighted by Crippen LogP contribution is 2.15. The number of hydrogen-bond acceptors (Lipinski definition) is 4. The second-order valence-electron chi connectivity index (χ2n) is 2.47. The number of ether oxygens (including phenoxy) is 1. The van der Waals surface area contributed by atoms with Gasteiger partial charge in [-0.25, -0.2) is 4.79 Å². The first-order valence-corrected chi connectivity index (χ1v) is 3.37. The van der Waals surface area contributed by atoms with E-state index in [1.165, 1.54) is 13.8 Å². The summed E-state index contributed by atoms with van der Waals surface area (Å²) >= 11 is 0. The van der Waals surface area contributed by atoms with Gasteiger partial charge in [-0.05, 0) is 13.8 Å². The number of carbonyl (C=O) groups excluding carboxylic acids is 2. The molecule has 0 atom stereocenters. The van der Waals surface area contributed by atoms with Gasteiger partial charge >= 0.3 is 5.97 Å². The third kappa shape index (κ3) is 1.37. The zero-order valence-electron chi connectivity index (χ0n) is 6.75. The molecule has 1 N–H and O–H groups in total. The van der Waals surface area contributed by atoms with Crippen LogP contribution in [0.15, 0.2) is 23.2 Å². The van der Waals surface area contributed by atoms with Gasteiger partial charge in [0, 0.05) is 6.08 Å². The quantitative estimate of drug-likeness (QED) is 0.252. The molecule has 0 aromatic carbocycles. The summed E-state index contributed by atoms with van der Waals surface area (Å²) in [6.07, 6.45) is 1.16. The Morgan fingerprint density at radius 1 is 1.50 bits per heavy atom. The van der Waals surface area contributed by atoms with E-state index in [-0.39, 0.29) is 17.1 Å². The number of carbonyl (C=O) groups is 2. The van der Waals surface area contributed by atoms with Gasteiger partial charge in [0.15, 0.2) is 5.78 Å². The van der Waals surface area contributed by atoms with Crippen molar-refractivity contribution >= 4 is 11.8 Å². The van der Waals surface area contributed by atoms with Crippen LogP contribution in [-0.4, -0.2) is 16.9 Å². The smallest absolute Gasteiger partial charge is 0.350 e. The van der Waals surface area contributed by atoms with Crippen molar-refractivity contribution in [3.05, 3.63) is 23.2 Å². The number of cyclic esters (lactones) is 1. The molecule has 0 bridgehead atoms. The van der Waals surface area contributed by atoms with Crippen molar-refractivity contribution in [3.8, 4) is 0 Å². The predicted molar refractivity (Wildman–Crippen MR) is 40.2 cm³/mol. The Hall–Kier alpha value is -1.58. The van der Waals surface area contributed by atoms with Gasteiger partial charge in [0.25, 0.3) is 0 Å². The summed E-state index contributed by atoms with van der Waals surface area (Å²) in [6, 6.07) is 0. The minimum Gasteiger partial charge on any atom is -0.512 e. The largest absolute Gasteiger partial charge is 0.512 e. The van der Waals surface area contributed by atoms with Gasteiger partial charge in [0.1, 0.15) is 17.1 Å². The number of hydrogen-bond donors (Lipinski definition) is 1. The highest BCUT2D eigenvalue weighted by atomic mass is 16.5. The Bertz CT molecular complexity index is 305. The van der Waals surface area contributed by atoms with Crippen molar-refractivity contribution in [2.45, 2.75) is 13.8 Å². The van der Waals surface area contributed by atoms with Gasteiger partial charge in [-0.3, -0.25) is 4.79 Å². The fraction of sp³-hybridized carbons (Fsp3) is 0.250. The Labute approximate surface area is 69.1 Å². The van der Waals surface area contributed by atoms with E-state index in [0.29, 0.717) is 0 Å². The zero-order chi connectivity index (χ0) is 9.30. The molecule has 0 spiro atoms. The van der Waals surface area contributed by atoms with Crippen LogP contribution in [0.3, 0.4) is 0 Å². The predicted octanol–water partition coefficient (Wildman–Crippen LogP) is 0.848. The van der Waals surface area contributed by atoms with Gasteiger partial charge in [-0.15, -0.1) is 0 Å². The van der Waals surface area contributed by atoms with Crippen molar-refractivity contribution < 1.29 is 19.4 Å². The second kappa shape index (κ2) is 2.81. The van der Waals surface area contributed by atoms with E-state index in [1.807, 2.05) is 0 Å². The molecule has 0 unspecified atom stereocenters. The van der Waals surface area contributed by atoms with Gasteiger partial charge in [0.05, 0.1) is 0 Å². The molecule has 0 amide bonds. The van der Waals surface area contributed by atoms with E-state index < -0.39 is 11.8 Å². The lowest BCUT2D eigenvalue weighted by atomic mass is 10.1. The second-order valence-corrected chi connectivity index (χ2v) is 2.47. The molecule has 0 aromatic rings. The summed E-state index contributed by atoms with van der Waals surface area (Å²) in [5.41, 5.74) is -0.291. The maximum Gasteiger partial charge on any atom is 0.350 e. The molecule has 1 heterocycles. The Kier molecular flexibility index (Phi) is 1.99. The van der Waals surface area contributed by atoms with Crippen molar-refractivity contribution in [2.24, 2.45) is 0 Å². The molecule has 1 rings (SSSR count). The average Bonchev–Trinajstić information content (AvgIpc) is 1.82. The number of rotatable bonds is 0. The minimum absolute atomic E-state index is 0.245. The molecule has 1 aliphatic heterocycles. The van der Waals surface area contributed by atoms with Crippen LogP contribution in [0, 0.1) is 0 Å². The lowest BCUT2D eigenvalue weighted by molar-refractivity contribution is -0.137. The molecule has 1 aliphatic rings. The topological polar surface area (TPSA) is 63.6 Å². The van der Waals surface area contributed by atoms with Gasteiger partial charge in [-0.1, -0.05) is 0 Å². The Morgan fingerprint density at radius 2 is 2.08 bits per heavy atom. The molecule has 0 saturated carbocycles. The fourth-order valence-corrected chi connectivity index (χ4v) is 0.910. The molecule has 0 saturated heterocycles. The lowest BCUT2D eigenvalue weighted by Gasteiger charge is -2.11. The third-order valence-electron chi connectivity index (χ3n) is 1.40. The highest BCUT2D eigenvalue weighted by Gasteiger charge is 2.26. The third-order valence-corrected chi connectivity index (χ3v) is 1.40. The molecular weight excluding hydrogens is 160 g/mol. The Balaban J connectivity index is 3.17. The maximum absolute atomic E-state index is 11.1. The summed E-state index contributed by atoms with van der Waals surface area (Å²) in [4.78, 5) is 22.0. The number of allylic oxidation sites excluding steroid dienone is 3. The fourth-order valence-electron chi connectivity index (χ4n) is 0.910. The Morgan fingerprint density at radius 3 is 2.50 bits per heavy atom. The van der Waals surface area contributed by atoms with E-state index in [2.05, 4.69) is 4.74 Å². The van der Waals surface area contributed by atoms with Crippen LogP contribution in [0.4, 0.5) is 0 Å². The van der Waals surface area contributed by atoms with Gasteiger partial charge < -0.3 is 9.84 Å². The van der Waals surface area contributed by atoms with Crippen molar-refractivity contribution in [1.29, 1.82) is 0 Å². The van der Waals surface area contributed by atoms with E-state index in [1.54, 1.807) is 0 Å². The SMILES string of the molecule is CC1=CC(=O)/C(=C(/C)O)C(=O)O1. The van der Waals surface area contributed by atoms with Crippen LogP contribution in [0.25, 0.3) is 0 Å². The number of ketones is 1. The number of aliphatic hydroxyl groups is 1. The maximum atomic E-state index is 11.1. The van der Waals surface area contributed by atoms with Crippen molar-refractivity contribution in [2.75, 3.05) is 0 Å². The molecule has 4 heteroatoms. The number of esters is 1. The van der Waals surface area contributed by atoms with E-state index >= 15 is 0 Å². The highest BCUT2D eigenvalue weighted by molar-refractivity contribution is 6.23. The van der Waals surface area contributed by atoms with Gasteiger partial charge in [-0.2, -0.15) is 0 Å². The van der Waals surface area contributed by atoms with Crippen LogP contribution in [0.2, 0.25) is 0 Å². The van der Waals surface area contributed by atoms with Crippen LogP contribution >= 0.6 is 0 Å². The molecule has 64 valence electrons. The summed E-state index contributed by atoms with van der Waals surface area (Å²) in [5.74, 6) is -1.37. The summed E-state index contributed by atoms with van der Waals surface area (Å²) in [7, 11) is 0. The first kappa shape index (κ1) is 8.52.